The number of rotatable bonds is 1. The van der Waals surface area contributed by atoms with E-state index in [1.807, 2.05) is 0 Å². The Balaban J connectivity index is 2.51. The first kappa shape index (κ1) is 6.59. The van der Waals surface area contributed by atoms with Gasteiger partial charge in [0.1, 0.15) is 0 Å². The molecular weight excluding hydrogens is 114 g/mol. The van der Waals surface area contributed by atoms with Crippen molar-refractivity contribution in [3.63, 3.8) is 0 Å². The van der Waals surface area contributed by atoms with E-state index < -0.39 is 0 Å². The monoisotopic (exact) mass is 127 g/mol. The molecule has 0 saturated heterocycles. The fraction of sp³-hybridized carbons (Fsp3) is 0.857. The SMILES string of the molecule is CC1(C=NO)CCCC1. The van der Waals surface area contributed by atoms with E-state index in [-0.39, 0.29) is 5.41 Å². The lowest BCUT2D eigenvalue weighted by Gasteiger charge is -2.14. The molecule has 0 unspecified atom stereocenters. The Bertz CT molecular complexity index is 114. The molecule has 0 radical (unpaired) electrons. The Hall–Kier alpha value is -0.530. The second-order valence-corrected chi connectivity index (χ2v) is 3.11. The average molecular weight is 127 g/mol. The molecule has 1 aliphatic carbocycles. The first-order valence-electron chi connectivity index (χ1n) is 3.45. The van der Waals surface area contributed by atoms with Crippen molar-refractivity contribution in [3.05, 3.63) is 0 Å². The molecular formula is C7H13NO. The van der Waals surface area contributed by atoms with Crippen molar-refractivity contribution >= 4 is 6.21 Å². The van der Waals surface area contributed by atoms with Crippen LogP contribution in [0.3, 0.4) is 0 Å². The molecule has 52 valence electrons. The van der Waals surface area contributed by atoms with Gasteiger partial charge in [0.05, 0.1) is 0 Å². The van der Waals surface area contributed by atoms with Gasteiger partial charge in [0, 0.05) is 11.6 Å². The third-order valence-corrected chi connectivity index (χ3v) is 2.12. The predicted molar refractivity (Wildman–Crippen MR) is 36.9 cm³/mol. The van der Waals surface area contributed by atoms with Gasteiger partial charge in [0.25, 0.3) is 0 Å². The smallest absolute Gasteiger partial charge is 0.0494 e. The highest BCUT2D eigenvalue weighted by atomic mass is 16.4. The van der Waals surface area contributed by atoms with E-state index in [1.165, 1.54) is 25.7 Å². The van der Waals surface area contributed by atoms with Gasteiger partial charge in [0.15, 0.2) is 0 Å². The minimum absolute atomic E-state index is 0.203. The van der Waals surface area contributed by atoms with E-state index in [1.54, 1.807) is 6.21 Å². The molecule has 0 aromatic rings. The van der Waals surface area contributed by atoms with Gasteiger partial charge in [-0.05, 0) is 12.8 Å². The summed E-state index contributed by atoms with van der Waals surface area (Å²) in [4.78, 5) is 0. The quantitative estimate of drug-likeness (QED) is 0.326. The summed E-state index contributed by atoms with van der Waals surface area (Å²) in [6.45, 7) is 2.14. The Kier molecular flexibility index (Phi) is 1.74. The first-order chi connectivity index (χ1) is 4.27. The standard InChI is InChI=1S/C7H13NO/c1-7(6-8-9)4-2-3-5-7/h6,9H,2-5H2,1H3. The third-order valence-electron chi connectivity index (χ3n) is 2.12. The average Bonchev–Trinajstić information content (AvgIpc) is 2.16. The van der Waals surface area contributed by atoms with Gasteiger partial charge in [0.2, 0.25) is 0 Å². The van der Waals surface area contributed by atoms with Crippen LogP contribution in [0.5, 0.6) is 0 Å². The van der Waals surface area contributed by atoms with Crippen molar-refractivity contribution in [2.45, 2.75) is 32.6 Å². The summed E-state index contributed by atoms with van der Waals surface area (Å²) in [5, 5.41) is 11.3. The van der Waals surface area contributed by atoms with Crippen LogP contribution in [0.25, 0.3) is 0 Å². The van der Waals surface area contributed by atoms with Crippen LogP contribution in [0, 0.1) is 5.41 Å². The molecule has 9 heavy (non-hydrogen) atoms. The number of hydrogen-bond acceptors (Lipinski definition) is 2. The molecule has 0 aromatic carbocycles. The van der Waals surface area contributed by atoms with Gasteiger partial charge in [-0.3, -0.25) is 0 Å². The number of hydrogen-bond donors (Lipinski definition) is 1. The van der Waals surface area contributed by atoms with Crippen molar-refractivity contribution in [1.82, 2.24) is 0 Å². The van der Waals surface area contributed by atoms with Crippen molar-refractivity contribution in [1.29, 1.82) is 0 Å². The summed E-state index contributed by atoms with van der Waals surface area (Å²) < 4.78 is 0. The maximum atomic E-state index is 8.26. The Labute approximate surface area is 55.6 Å². The van der Waals surface area contributed by atoms with Gasteiger partial charge in [-0.25, -0.2) is 0 Å². The molecule has 1 aliphatic rings. The molecule has 1 rings (SSSR count). The van der Waals surface area contributed by atoms with Crippen LogP contribution >= 0.6 is 0 Å². The predicted octanol–water partition coefficient (Wildman–Crippen LogP) is 2.03. The lowest BCUT2D eigenvalue weighted by molar-refractivity contribution is 0.312. The van der Waals surface area contributed by atoms with Gasteiger partial charge >= 0.3 is 0 Å². The highest BCUT2D eigenvalue weighted by molar-refractivity contribution is 5.64. The Morgan fingerprint density at radius 2 is 2.00 bits per heavy atom. The largest absolute Gasteiger partial charge is 0.411 e. The molecule has 1 saturated carbocycles. The van der Waals surface area contributed by atoms with Crippen LogP contribution in [0.4, 0.5) is 0 Å². The summed E-state index contributed by atoms with van der Waals surface area (Å²) >= 11 is 0. The molecule has 1 fully saturated rings. The summed E-state index contributed by atoms with van der Waals surface area (Å²) in [5.41, 5.74) is 0.203. The molecule has 0 aliphatic heterocycles. The summed E-state index contributed by atoms with van der Waals surface area (Å²) in [6, 6.07) is 0. The molecule has 0 spiro atoms. The summed E-state index contributed by atoms with van der Waals surface area (Å²) in [7, 11) is 0. The molecule has 1 N–H and O–H groups in total. The van der Waals surface area contributed by atoms with Crippen LogP contribution in [0.1, 0.15) is 32.6 Å². The van der Waals surface area contributed by atoms with Gasteiger partial charge in [-0.15, -0.1) is 5.16 Å². The van der Waals surface area contributed by atoms with E-state index in [0.717, 1.165) is 0 Å². The fourth-order valence-corrected chi connectivity index (χ4v) is 1.45. The fourth-order valence-electron chi connectivity index (χ4n) is 1.45. The van der Waals surface area contributed by atoms with E-state index in [4.69, 9.17) is 5.21 Å². The lowest BCUT2D eigenvalue weighted by Crippen LogP contribution is -2.11. The minimum atomic E-state index is 0.203. The van der Waals surface area contributed by atoms with Crippen LogP contribution in [0.15, 0.2) is 5.16 Å². The molecule has 0 aromatic heterocycles. The van der Waals surface area contributed by atoms with Crippen LogP contribution in [0.2, 0.25) is 0 Å². The Morgan fingerprint density at radius 1 is 1.44 bits per heavy atom. The van der Waals surface area contributed by atoms with Crippen molar-refractivity contribution < 1.29 is 5.21 Å². The second-order valence-electron chi connectivity index (χ2n) is 3.11. The third kappa shape index (κ3) is 1.44. The molecule has 2 nitrogen and oxygen atoms in total. The van der Waals surface area contributed by atoms with E-state index in [9.17, 15) is 0 Å². The normalized spacial score (nSPS) is 25.4. The van der Waals surface area contributed by atoms with Gasteiger partial charge in [-0.1, -0.05) is 19.8 Å². The van der Waals surface area contributed by atoms with Gasteiger partial charge < -0.3 is 5.21 Å². The lowest BCUT2D eigenvalue weighted by atomic mass is 9.91. The summed E-state index contributed by atoms with van der Waals surface area (Å²) in [6.07, 6.45) is 6.58. The maximum absolute atomic E-state index is 8.26. The summed E-state index contributed by atoms with van der Waals surface area (Å²) in [5.74, 6) is 0. The molecule has 0 heterocycles. The van der Waals surface area contributed by atoms with Crippen LogP contribution in [-0.4, -0.2) is 11.4 Å². The van der Waals surface area contributed by atoms with E-state index in [0.29, 0.717) is 0 Å². The highest BCUT2D eigenvalue weighted by Gasteiger charge is 2.26. The topological polar surface area (TPSA) is 32.6 Å². The van der Waals surface area contributed by atoms with E-state index in [2.05, 4.69) is 12.1 Å². The molecule has 0 atom stereocenters. The van der Waals surface area contributed by atoms with Crippen LogP contribution < -0.4 is 0 Å². The van der Waals surface area contributed by atoms with Crippen molar-refractivity contribution in [2.75, 3.05) is 0 Å². The Morgan fingerprint density at radius 3 is 2.44 bits per heavy atom. The zero-order valence-electron chi connectivity index (χ0n) is 5.80. The highest BCUT2D eigenvalue weighted by Crippen LogP contribution is 2.35. The molecule has 0 amide bonds. The zero-order valence-corrected chi connectivity index (χ0v) is 5.80. The maximum Gasteiger partial charge on any atom is 0.0494 e. The molecule has 0 bridgehead atoms. The van der Waals surface area contributed by atoms with Crippen LogP contribution in [-0.2, 0) is 0 Å². The second kappa shape index (κ2) is 2.38. The van der Waals surface area contributed by atoms with E-state index >= 15 is 0 Å². The minimum Gasteiger partial charge on any atom is -0.411 e. The number of oxime groups is 1. The number of nitrogens with zero attached hydrogens (tertiary/aromatic N) is 1. The molecule has 2 heteroatoms. The first-order valence-corrected chi connectivity index (χ1v) is 3.45. The zero-order chi connectivity index (χ0) is 6.74. The van der Waals surface area contributed by atoms with Gasteiger partial charge in [-0.2, -0.15) is 0 Å². The van der Waals surface area contributed by atoms with Crippen molar-refractivity contribution in [2.24, 2.45) is 10.6 Å². The van der Waals surface area contributed by atoms with Crippen molar-refractivity contribution in [3.8, 4) is 0 Å².